The van der Waals surface area contributed by atoms with E-state index in [4.69, 9.17) is 23.2 Å². The van der Waals surface area contributed by atoms with Crippen molar-refractivity contribution in [1.29, 1.82) is 0 Å². The van der Waals surface area contributed by atoms with Gasteiger partial charge in [-0.05, 0) is 66.7 Å². The molecule has 0 bridgehead atoms. The number of halogens is 3. The van der Waals surface area contributed by atoms with Gasteiger partial charge in [-0.25, -0.2) is 4.98 Å². The molecule has 0 aliphatic heterocycles. The summed E-state index contributed by atoms with van der Waals surface area (Å²) < 4.78 is 0.822. The van der Waals surface area contributed by atoms with Gasteiger partial charge < -0.3 is 10.6 Å². The van der Waals surface area contributed by atoms with Crippen LogP contribution in [0.5, 0.6) is 0 Å². The van der Waals surface area contributed by atoms with Crippen molar-refractivity contribution in [3.05, 3.63) is 56.6 Å². The number of aromatic nitrogens is 1. The molecule has 0 fully saturated rings. The highest BCUT2D eigenvalue weighted by Gasteiger charge is 2.22. The molecule has 2 atom stereocenters. The van der Waals surface area contributed by atoms with Gasteiger partial charge in [-0.2, -0.15) is 0 Å². The summed E-state index contributed by atoms with van der Waals surface area (Å²) >= 11 is 15.4. The highest BCUT2D eigenvalue weighted by Crippen LogP contribution is 2.26. The minimum Gasteiger partial charge on any atom is -0.348 e. The van der Waals surface area contributed by atoms with Crippen LogP contribution < -0.4 is 10.6 Å². The van der Waals surface area contributed by atoms with E-state index in [1.54, 1.807) is 55.4 Å². The van der Waals surface area contributed by atoms with E-state index in [1.807, 2.05) is 6.92 Å². The molecule has 2 rings (SSSR count). The monoisotopic (exact) mass is 486 g/mol. The fourth-order valence-electron chi connectivity index (χ4n) is 2.46. The molecule has 0 saturated heterocycles. The second-order valence-electron chi connectivity index (χ2n) is 6.40. The number of carbonyl (C=O) groups excluding carboxylic acids is 2. The van der Waals surface area contributed by atoms with Gasteiger partial charge in [-0.1, -0.05) is 29.3 Å². The Morgan fingerprint density at radius 2 is 1.93 bits per heavy atom. The van der Waals surface area contributed by atoms with Crippen LogP contribution in [0, 0.1) is 0 Å². The first kappa shape index (κ1) is 22.6. The summed E-state index contributed by atoms with van der Waals surface area (Å²) in [5, 5.41) is 6.63. The van der Waals surface area contributed by atoms with Crippen molar-refractivity contribution in [2.45, 2.75) is 25.9 Å². The molecule has 150 valence electrons. The van der Waals surface area contributed by atoms with Crippen LogP contribution in [0.2, 0.25) is 10.0 Å². The maximum absolute atomic E-state index is 12.6. The first-order valence-electron chi connectivity index (χ1n) is 8.54. The van der Waals surface area contributed by atoms with Crippen molar-refractivity contribution in [3.8, 4) is 0 Å². The molecule has 2 amide bonds. The number of hydrogen-bond donors (Lipinski definition) is 2. The number of pyridine rings is 1. The third kappa shape index (κ3) is 6.44. The lowest BCUT2D eigenvalue weighted by atomic mass is 10.1. The summed E-state index contributed by atoms with van der Waals surface area (Å²) in [6.45, 7) is 3.62. The average Bonchev–Trinajstić information content (AvgIpc) is 2.62. The number of carbonyl (C=O) groups is 2. The second-order valence-corrected chi connectivity index (χ2v) is 8.16. The molecule has 0 aliphatic carbocycles. The van der Waals surface area contributed by atoms with Crippen LogP contribution in [0.25, 0.3) is 0 Å². The van der Waals surface area contributed by atoms with E-state index < -0.39 is 6.04 Å². The number of nitrogens with zero attached hydrogens (tertiary/aromatic N) is 2. The van der Waals surface area contributed by atoms with Crippen molar-refractivity contribution in [1.82, 2.24) is 15.2 Å². The van der Waals surface area contributed by atoms with Crippen molar-refractivity contribution in [2.24, 2.45) is 0 Å². The number of anilines is 1. The molecule has 2 N–H and O–H groups in total. The maximum atomic E-state index is 12.6. The predicted octanol–water partition coefficient (Wildman–Crippen LogP) is 4.29. The Balaban J connectivity index is 1.90. The third-order valence-electron chi connectivity index (χ3n) is 4.22. The largest absolute Gasteiger partial charge is 0.348 e. The first-order valence-corrected chi connectivity index (χ1v) is 10.1. The smallest absolute Gasteiger partial charge is 0.239 e. The van der Waals surface area contributed by atoms with E-state index in [1.165, 1.54) is 0 Å². The molecule has 2 unspecified atom stereocenters. The van der Waals surface area contributed by atoms with Crippen molar-refractivity contribution < 1.29 is 9.59 Å². The summed E-state index contributed by atoms with van der Waals surface area (Å²) in [5.41, 5.74) is 0.772. The van der Waals surface area contributed by atoms with Gasteiger partial charge in [0.05, 0.1) is 18.6 Å². The van der Waals surface area contributed by atoms with Crippen LogP contribution in [0.1, 0.15) is 25.5 Å². The average molecular weight is 488 g/mol. The lowest BCUT2D eigenvalue weighted by Crippen LogP contribution is -2.46. The zero-order valence-electron chi connectivity index (χ0n) is 15.7. The molecule has 0 spiro atoms. The molecular weight excluding hydrogens is 467 g/mol. The normalized spacial score (nSPS) is 13.1. The summed E-state index contributed by atoms with van der Waals surface area (Å²) in [6.07, 6.45) is 1.60. The molecule has 28 heavy (non-hydrogen) atoms. The van der Waals surface area contributed by atoms with Gasteiger partial charge in [0.25, 0.3) is 0 Å². The van der Waals surface area contributed by atoms with E-state index in [0.717, 1.165) is 10.0 Å². The Hall–Kier alpha value is -1.67. The standard InChI is InChI=1S/C19H21BrCl2N4O2/c1-11(15-6-5-14(21)8-16(15)22)24-19(28)12(2)26(3)10-18(27)25-17-7-4-13(20)9-23-17/h4-9,11-12H,10H2,1-3H3,(H,24,28)(H,23,25,27). The first-order chi connectivity index (χ1) is 13.2. The number of nitrogens with one attached hydrogen (secondary N) is 2. The molecular formula is C19H21BrCl2N4O2. The minimum atomic E-state index is -0.517. The molecule has 1 aromatic heterocycles. The summed E-state index contributed by atoms with van der Waals surface area (Å²) in [6, 6.07) is 7.80. The summed E-state index contributed by atoms with van der Waals surface area (Å²) in [5.74, 6) is -0.0222. The van der Waals surface area contributed by atoms with E-state index in [2.05, 4.69) is 31.5 Å². The van der Waals surface area contributed by atoms with E-state index in [0.29, 0.717) is 15.9 Å². The molecule has 1 aromatic carbocycles. The fourth-order valence-corrected chi connectivity index (χ4v) is 3.27. The van der Waals surface area contributed by atoms with E-state index >= 15 is 0 Å². The number of rotatable bonds is 7. The number of likely N-dealkylation sites (N-methyl/N-ethyl adjacent to an activating group) is 1. The topological polar surface area (TPSA) is 74.3 Å². The number of hydrogen-bond acceptors (Lipinski definition) is 4. The predicted molar refractivity (Wildman–Crippen MR) is 116 cm³/mol. The zero-order chi connectivity index (χ0) is 20.8. The lowest BCUT2D eigenvalue weighted by molar-refractivity contribution is -0.127. The molecule has 6 nitrogen and oxygen atoms in total. The van der Waals surface area contributed by atoms with Crippen LogP contribution in [0.15, 0.2) is 41.0 Å². The minimum absolute atomic E-state index is 0.0441. The Kier molecular flexibility index (Phi) is 8.24. The summed E-state index contributed by atoms with van der Waals surface area (Å²) in [7, 11) is 1.71. The molecule has 0 saturated carbocycles. The fraction of sp³-hybridized carbons (Fsp3) is 0.316. The Morgan fingerprint density at radius 3 is 2.54 bits per heavy atom. The van der Waals surface area contributed by atoms with Gasteiger partial charge in [0.1, 0.15) is 5.82 Å². The van der Waals surface area contributed by atoms with Gasteiger partial charge in [0.2, 0.25) is 11.8 Å². The zero-order valence-corrected chi connectivity index (χ0v) is 18.8. The van der Waals surface area contributed by atoms with Gasteiger partial charge in [-0.3, -0.25) is 14.5 Å². The molecule has 1 heterocycles. The molecule has 0 aliphatic rings. The van der Waals surface area contributed by atoms with Crippen LogP contribution in [-0.2, 0) is 9.59 Å². The van der Waals surface area contributed by atoms with Crippen LogP contribution >= 0.6 is 39.1 Å². The highest BCUT2D eigenvalue weighted by molar-refractivity contribution is 9.10. The quantitative estimate of drug-likeness (QED) is 0.611. The SMILES string of the molecule is CC(NC(=O)C(C)N(C)CC(=O)Nc1ccc(Br)cn1)c1ccc(Cl)cc1Cl. The Labute approximate surface area is 182 Å². The Morgan fingerprint density at radius 1 is 1.21 bits per heavy atom. The maximum Gasteiger partial charge on any atom is 0.239 e. The summed E-state index contributed by atoms with van der Waals surface area (Å²) in [4.78, 5) is 30.5. The van der Waals surface area contributed by atoms with E-state index in [9.17, 15) is 9.59 Å². The van der Waals surface area contributed by atoms with Crippen molar-refractivity contribution >= 4 is 56.8 Å². The van der Waals surface area contributed by atoms with Gasteiger partial charge in [-0.15, -0.1) is 0 Å². The third-order valence-corrected chi connectivity index (χ3v) is 5.25. The van der Waals surface area contributed by atoms with Crippen molar-refractivity contribution in [2.75, 3.05) is 18.9 Å². The van der Waals surface area contributed by atoms with Gasteiger partial charge in [0.15, 0.2) is 0 Å². The van der Waals surface area contributed by atoms with Gasteiger partial charge in [0, 0.05) is 20.7 Å². The van der Waals surface area contributed by atoms with Crippen LogP contribution in [0.3, 0.4) is 0 Å². The van der Waals surface area contributed by atoms with E-state index in [-0.39, 0.29) is 24.4 Å². The van der Waals surface area contributed by atoms with Crippen LogP contribution in [0.4, 0.5) is 5.82 Å². The van der Waals surface area contributed by atoms with Gasteiger partial charge >= 0.3 is 0 Å². The van der Waals surface area contributed by atoms with Crippen LogP contribution in [-0.4, -0.2) is 41.3 Å². The van der Waals surface area contributed by atoms with Crippen molar-refractivity contribution in [3.63, 3.8) is 0 Å². The molecule has 0 radical (unpaired) electrons. The number of amides is 2. The Bertz CT molecular complexity index is 848. The number of benzene rings is 1. The lowest BCUT2D eigenvalue weighted by Gasteiger charge is -2.25. The molecule has 2 aromatic rings. The molecule has 9 heteroatoms. The highest BCUT2D eigenvalue weighted by atomic mass is 79.9. The second kappa shape index (κ2) is 10.2.